The molecule has 2 saturated carbocycles. The summed E-state index contributed by atoms with van der Waals surface area (Å²) in [5, 5.41) is 30.6. The first-order chi connectivity index (χ1) is 7.43. The topological polar surface area (TPSA) is 153 Å². The molecule has 0 radical (unpaired) electrons. The van der Waals surface area contributed by atoms with Crippen LogP contribution in [-0.4, -0.2) is 39.2 Å². The Hall–Kier alpha value is -1.34. The molecule has 2 rings (SSSR count). The first kappa shape index (κ1) is 11.2. The van der Waals surface area contributed by atoms with Crippen LogP contribution in [0.4, 0.5) is 0 Å². The number of carboxylic acids is 1. The molecule has 8 heteroatoms. The largest absolute Gasteiger partial charge is 0.480 e. The van der Waals surface area contributed by atoms with Gasteiger partial charge in [-0.15, -0.1) is 0 Å². The molecule has 0 heterocycles. The lowest BCUT2D eigenvalue weighted by atomic mass is 9.90. The summed E-state index contributed by atoms with van der Waals surface area (Å²) >= 11 is 0. The average Bonchev–Trinajstić information content (AvgIpc) is 2.85. The highest BCUT2D eigenvalue weighted by Gasteiger charge is 2.72. The number of fused-ring (bicyclic) bond motifs is 1. The maximum Gasteiger partial charge on any atom is 0.323 e. The quantitative estimate of drug-likeness (QED) is 0.212. The molecule has 0 aliphatic heterocycles. The van der Waals surface area contributed by atoms with Gasteiger partial charge in [-0.3, -0.25) is 4.79 Å². The Morgan fingerprint density at radius 1 is 1.62 bits per heavy atom. The molecule has 0 spiro atoms. The van der Waals surface area contributed by atoms with E-state index in [9.17, 15) is 4.79 Å². The summed E-state index contributed by atoms with van der Waals surface area (Å²) in [4.78, 5) is 13.7. The van der Waals surface area contributed by atoms with Crippen molar-refractivity contribution in [3.63, 3.8) is 0 Å². The van der Waals surface area contributed by atoms with Gasteiger partial charge in [-0.1, -0.05) is 5.11 Å². The third-order valence-corrected chi connectivity index (χ3v) is 3.66. The zero-order chi connectivity index (χ0) is 12.1. The molecular weight excluding hydrogens is 216 g/mol. The van der Waals surface area contributed by atoms with Crippen molar-refractivity contribution in [2.75, 3.05) is 0 Å². The predicted molar refractivity (Wildman–Crippen MR) is 50.8 cm³/mol. The van der Waals surface area contributed by atoms with Crippen LogP contribution in [0, 0.1) is 17.8 Å². The Bertz CT molecular complexity index is 380. The van der Waals surface area contributed by atoms with E-state index in [2.05, 4.69) is 10.0 Å². The number of hydrogen-bond acceptors (Lipinski definition) is 5. The molecule has 0 bridgehead atoms. The minimum Gasteiger partial charge on any atom is -0.480 e. The molecule has 88 valence electrons. The van der Waals surface area contributed by atoms with Gasteiger partial charge in [0.25, 0.3) is 0 Å². The van der Waals surface area contributed by atoms with Crippen molar-refractivity contribution >= 4 is 5.97 Å². The van der Waals surface area contributed by atoms with Gasteiger partial charge in [0.15, 0.2) is 6.29 Å². The zero-order valence-corrected chi connectivity index (χ0v) is 8.26. The summed E-state index contributed by atoms with van der Waals surface area (Å²) < 4.78 is 0. The Morgan fingerprint density at radius 2 is 2.25 bits per heavy atom. The second-order valence-electron chi connectivity index (χ2n) is 4.42. The number of azide groups is 1. The lowest BCUT2D eigenvalue weighted by molar-refractivity contribution is -0.145. The van der Waals surface area contributed by atoms with Gasteiger partial charge in [0.1, 0.15) is 5.54 Å². The zero-order valence-electron chi connectivity index (χ0n) is 8.26. The number of aliphatic hydroxyl groups excluding tert-OH is 1. The molecule has 8 nitrogen and oxygen atoms in total. The van der Waals surface area contributed by atoms with Gasteiger partial charge >= 0.3 is 5.97 Å². The van der Waals surface area contributed by atoms with Crippen LogP contribution < -0.4 is 5.73 Å². The van der Waals surface area contributed by atoms with Gasteiger partial charge in [0.2, 0.25) is 0 Å². The van der Waals surface area contributed by atoms with E-state index >= 15 is 0 Å². The van der Waals surface area contributed by atoms with E-state index in [-0.39, 0.29) is 12.3 Å². The van der Waals surface area contributed by atoms with Crippen LogP contribution in [-0.2, 0) is 4.79 Å². The predicted octanol–water partition coefficient (Wildman–Crippen LogP) is -0.976. The third kappa shape index (κ3) is 1.28. The number of hydrogen-bond donors (Lipinski definition) is 4. The Labute approximate surface area is 90.3 Å². The van der Waals surface area contributed by atoms with Crippen molar-refractivity contribution in [2.45, 2.75) is 24.3 Å². The standard InChI is InChI=1S/C8H12N4O4/c9-8(7(15)16)1-2(11-12-10)3-4(5(3)8)6(13)14/h2-6,13-14H,1,9H2,(H,15,16). The van der Waals surface area contributed by atoms with Crippen molar-refractivity contribution in [2.24, 2.45) is 28.6 Å². The van der Waals surface area contributed by atoms with Gasteiger partial charge in [-0.2, -0.15) is 0 Å². The van der Waals surface area contributed by atoms with E-state index < -0.39 is 35.7 Å². The maximum atomic E-state index is 11.1. The van der Waals surface area contributed by atoms with E-state index in [0.717, 1.165) is 0 Å². The molecule has 0 aromatic rings. The van der Waals surface area contributed by atoms with E-state index in [1.54, 1.807) is 0 Å². The smallest absolute Gasteiger partial charge is 0.323 e. The molecule has 0 aromatic heterocycles. The number of carboxylic acid groups (broad SMARTS) is 1. The second-order valence-corrected chi connectivity index (χ2v) is 4.42. The number of rotatable bonds is 3. The highest BCUT2D eigenvalue weighted by atomic mass is 16.5. The normalized spacial score (nSPS) is 45.0. The molecule has 5 N–H and O–H groups in total. The van der Waals surface area contributed by atoms with Gasteiger partial charge in [-0.25, -0.2) is 0 Å². The van der Waals surface area contributed by atoms with Gasteiger partial charge in [0, 0.05) is 16.9 Å². The van der Waals surface area contributed by atoms with Crippen molar-refractivity contribution < 1.29 is 20.1 Å². The Balaban J connectivity index is 2.28. The number of nitrogens with zero attached hydrogens (tertiary/aromatic N) is 3. The summed E-state index contributed by atoms with van der Waals surface area (Å²) in [7, 11) is 0. The fourth-order valence-corrected chi connectivity index (χ4v) is 2.96. The summed E-state index contributed by atoms with van der Waals surface area (Å²) in [5.74, 6) is -2.66. The van der Waals surface area contributed by atoms with Crippen LogP contribution in [0.1, 0.15) is 6.42 Å². The van der Waals surface area contributed by atoms with Crippen LogP contribution in [0.5, 0.6) is 0 Å². The first-order valence-corrected chi connectivity index (χ1v) is 4.86. The van der Waals surface area contributed by atoms with Crippen molar-refractivity contribution in [3.05, 3.63) is 10.4 Å². The average molecular weight is 228 g/mol. The number of nitrogens with two attached hydrogens (primary N) is 1. The molecule has 0 saturated heterocycles. The fourth-order valence-electron chi connectivity index (χ4n) is 2.96. The van der Waals surface area contributed by atoms with Gasteiger partial charge in [0.05, 0.1) is 0 Å². The summed E-state index contributed by atoms with van der Waals surface area (Å²) in [5.41, 5.74) is 12.6. The van der Waals surface area contributed by atoms with Crippen LogP contribution >= 0.6 is 0 Å². The number of aliphatic carboxylic acids is 1. The maximum absolute atomic E-state index is 11.1. The third-order valence-electron chi connectivity index (χ3n) is 3.66. The van der Waals surface area contributed by atoms with Crippen LogP contribution in [0.25, 0.3) is 10.4 Å². The van der Waals surface area contributed by atoms with E-state index in [1.807, 2.05) is 0 Å². The summed E-state index contributed by atoms with van der Waals surface area (Å²) in [6.45, 7) is 0. The molecule has 16 heavy (non-hydrogen) atoms. The molecule has 0 aromatic carbocycles. The SMILES string of the molecule is [N-]=[N+]=NC1CC(N)(C(=O)O)C2C(C(O)O)C12. The van der Waals surface area contributed by atoms with Crippen LogP contribution in [0.15, 0.2) is 5.11 Å². The van der Waals surface area contributed by atoms with E-state index in [0.29, 0.717) is 0 Å². The fraction of sp³-hybridized carbons (Fsp3) is 0.875. The first-order valence-electron chi connectivity index (χ1n) is 4.86. The van der Waals surface area contributed by atoms with Gasteiger partial charge in [-0.05, 0) is 23.8 Å². The van der Waals surface area contributed by atoms with Crippen molar-refractivity contribution in [3.8, 4) is 0 Å². The molecule has 2 aliphatic carbocycles. The molecule has 2 fully saturated rings. The van der Waals surface area contributed by atoms with Crippen molar-refractivity contribution in [1.82, 2.24) is 0 Å². The Kier molecular flexibility index (Phi) is 2.32. The molecule has 5 atom stereocenters. The minimum absolute atomic E-state index is 0.0466. The second kappa shape index (κ2) is 3.33. The van der Waals surface area contributed by atoms with Crippen LogP contribution in [0.2, 0.25) is 0 Å². The molecule has 5 unspecified atom stereocenters. The van der Waals surface area contributed by atoms with E-state index in [1.165, 1.54) is 0 Å². The van der Waals surface area contributed by atoms with E-state index in [4.69, 9.17) is 26.6 Å². The lowest BCUT2D eigenvalue weighted by Crippen LogP contribution is -2.50. The minimum atomic E-state index is -1.62. The molecule has 2 aliphatic rings. The van der Waals surface area contributed by atoms with Crippen LogP contribution in [0.3, 0.4) is 0 Å². The number of carbonyl (C=O) groups is 1. The van der Waals surface area contributed by atoms with Crippen molar-refractivity contribution in [1.29, 1.82) is 0 Å². The highest BCUT2D eigenvalue weighted by molar-refractivity contribution is 5.81. The molecular formula is C8H12N4O4. The monoisotopic (exact) mass is 228 g/mol. The summed E-state index contributed by atoms with van der Waals surface area (Å²) in [6.07, 6.45) is -1.57. The lowest BCUT2D eigenvalue weighted by Gasteiger charge is -2.24. The van der Waals surface area contributed by atoms with Gasteiger partial charge < -0.3 is 21.1 Å². The summed E-state index contributed by atoms with van der Waals surface area (Å²) in [6, 6.07) is -0.567. The highest BCUT2D eigenvalue weighted by Crippen LogP contribution is 2.63. The number of aliphatic hydroxyl groups is 2. The molecule has 0 amide bonds. The Morgan fingerprint density at radius 3 is 2.69 bits per heavy atom.